The summed E-state index contributed by atoms with van der Waals surface area (Å²) in [6, 6.07) is 22.3. The monoisotopic (exact) mass is 504 g/mol. The van der Waals surface area contributed by atoms with Crippen LogP contribution in [0.3, 0.4) is 0 Å². The summed E-state index contributed by atoms with van der Waals surface area (Å²) < 4.78 is 10.6. The molecule has 0 radical (unpaired) electrons. The van der Waals surface area contributed by atoms with Gasteiger partial charge >= 0.3 is 0 Å². The zero-order valence-electron chi connectivity index (χ0n) is 20.2. The molecule has 2 N–H and O–H groups in total. The van der Waals surface area contributed by atoms with Crippen LogP contribution in [0.1, 0.15) is 20.7 Å². The smallest absolute Gasteiger partial charge is 0.264 e. The van der Waals surface area contributed by atoms with Crippen molar-refractivity contribution < 1.29 is 19.1 Å². The fraction of sp³-hybridized carbons (Fsp3) is 0.222. The van der Waals surface area contributed by atoms with Crippen LogP contribution in [0.4, 0.5) is 11.4 Å². The SMILES string of the molecule is COc1cccc(OC)c1C(=O)NC(=S)Nc1ccc(N2CCN(C(=O)c3ccccc3)CC2)cc1. The summed E-state index contributed by atoms with van der Waals surface area (Å²) in [6.07, 6.45) is 0. The van der Waals surface area contributed by atoms with Gasteiger partial charge in [0.25, 0.3) is 11.8 Å². The van der Waals surface area contributed by atoms with E-state index < -0.39 is 5.91 Å². The highest BCUT2D eigenvalue weighted by Gasteiger charge is 2.22. The van der Waals surface area contributed by atoms with Crippen molar-refractivity contribution in [3.05, 3.63) is 83.9 Å². The third-order valence-electron chi connectivity index (χ3n) is 5.96. The first kappa shape index (κ1) is 25.0. The molecule has 1 saturated heterocycles. The third kappa shape index (κ3) is 5.75. The first-order valence-corrected chi connectivity index (χ1v) is 11.9. The molecule has 0 aliphatic carbocycles. The zero-order chi connectivity index (χ0) is 25.5. The van der Waals surface area contributed by atoms with Crippen LogP contribution in [0.2, 0.25) is 0 Å². The van der Waals surface area contributed by atoms with Gasteiger partial charge in [-0.05, 0) is 60.7 Å². The highest BCUT2D eigenvalue weighted by molar-refractivity contribution is 7.80. The average Bonchev–Trinajstić information content (AvgIpc) is 2.93. The lowest BCUT2D eigenvalue weighted by atomic mass is 10.1. The molecular formula is C27H28N4O4S. The molecule has 36 heavy (non-hydrogen) atoms. The molecule has 9 heteroatoms. The van der Waals surface area contributed by atoms with E-state index in [4.69, 9.17) is 21.7 Å². The molecule has 2 amide bonds. The largest absolute Gasteiger partial charge is 0.496 e. The normalized spacial score (nSPS) is 13.1. The van der Waals surface area contributed by atoms with Crippen LogP contribution >= 0.6 is 12.2 Å². The summed E-state index contributed by atoms with van der Waals surface area (Å²) in [4.78, 5) is 29.6. The summed E-state index contributed by atoms with van der Waals surface area (Å²) in [5.74, 6) is 0.423. The minimum absolute atomic E-state index is 0.0658. The number of nitrogens with zero attached hydrogens (tertiary/aromatic N) is 2. The lowest BCUT2D eigenvalue weighted by Gasteiger charge is -2.36. The number of piperazine rings is 1. The van der Waals surface area contributed by atoms with Gasteiger partial charge in [0.15, 0.2) is 5.11 Å². The standard InChI is InChI=1S/C27H28N4O4S/c1-34-22-9-6-10-23(35-2)24(22)25(32)29-27(36)28-20-11-13-21(14-12-20)30-15-17-31(18-16-30)26(33)19-7-4-3-5-8-19/h3-14H,15-18H2,1-2H3,(H2,28,29,32,36). The van der Waals surface area contributed by atoms with Crippen molar-refractivity contribution in [1.29, 1.82) is 0 Å². The summed E-state index contributed by atoms with van der Waals surface area (Å²) in [5, 5.41) is 5.87. The first-order chi connectivity index (χ1) is 17.5. The van der Waals surface area contributed by atoms with Crippen molar-refractivity contribution in [2.24, 2.45) is 0 Å². The lowest BCUT2D eigenvalue weighted by molar-refractivity contribution is 0.0746. The molecule has 4 rings (SSSR count). The number of benzene rings is 3. The second kappa shape index (κ2) is 11.5. The van der Waals surface area contributed by atoms with E-state index in [2.05, 4.69) is 15.5 Å². The molecule has 0 atom stereocenters. The van der Waals surface area contributed by atoms with Crippen molar-refractivity contribution in [3.8, 4) is 11.5 Å². The number of carbonyl (C=O) groups excluding carboxylic acids is 2. The predicted molar refractivity (Wildman–Crippen MR) is 144 cm³/mol. The van der Waals surface area contributed by atoms with Crippen LogP contribution in [-0.2, 0) is 0 Å². The van der Waals surface area contributed by atoms with Gasteiger partial charge in [-0.15, -0.1) is 0 Å². The fourth-order valence-electron chi connectivity index (χ4n) is 4.09. The van der Waals surface area contributed by atoms with Crippen LogP contribution in [0, 0.1) is 0 Å². The van der Waals surface area contributed by atoms with E-state index in [1.165, 1.54) is 14.2 Å². The van der Waals surface area contributed by atoms with E-state index >= 15 is 0 Å². The molecule has 0 unspecified atom stereocenters. The van der Waals surface area contributed by atoms with Crippen LogP contribution in [0.25, 0.3) is 0 Å². The van der Waals surface area contributed by atoms with Crippen molar-refractivity contribution in [2.75, 3.05) is 50.6 Å². The maximum Gasteiger partial charge on any atom is 0.264 e. The van der Waals surface area contributed by atoms with E-state index in [1.54, 1.807) is 18.2 Å². The number of amides is 2. The Kier molecular flexibility index (Phi) is 8.02. The van der Waals surface area contributed by atoms with Crippen LogP contribution in [0.15, 0.2) is 72.8 Å². The Morgan fingerprint density at radius 3 is 2.00 bits per heavy atom. The molecule has 1 heterocycles. The Hall–Kier alpha value is -4.11. The molecule has 8 nitrogen and oxygen atoms in total. The predicted octanol–water partition coefficient (Wildman–Crippen LogP) is 3.79. The number of rotatable bonds is 6. The molecule has 0 spiro atoms. The van der Waals surface area contributed by atoms with Gasteiger partial charge in [-0.1, -0.05) is 24.3 Å². The second-order valence-electron chi connectivity index (χ2n) is 8.14. The average molecular weight is 505 g/mol. The second-order valence-corrected chi connectivity index (χ2v) is 8.55. The van der Waals surface area contributed by atoms with Crippen LogP contribution < -0.4 is 25.0 Å². The minimum atomic E-state index is -0.429. The molecule has 3 aromatic carbocycles. The quantitative estimate of drug-likeness (QED) is 0.494. The Morgan fingerprint density at radius 2 is 1.42 bits per heavy atom. The summed E-state index contributed by atoms with van der Waals surface area (Å²) in [5.41, 5.74) is 2.79. The number of hydrogen-bond acceptors (Lipinski definition) is 6. The Labute approximate surface area is 215 Å². The van der Waals surface area contributed by atoms with Gasteiger partial charge in [0.05, 0.1) is 14.2 Å². The fourth-order valence-corrected chi connectivity index (χ4v) is 4.30. The van der Waals surface area contributed by atoms with Gasteiger partial charge in [0.1, 0.15) is 17.1 Å². The van der Waals surface area contributed by atoms with E-state index in [1.807, 2.05) is 59.5 Å². The Morgan fingerprint density at radius 1 is 0.806 bits per heavy atom. The number of methoxy groups -OCH3 is 2. The van der Waals surface area contributed by atoms with E-state index in [0.29, 0.717) is 30.2 Å². The van der Waals surface area contributed by atoms with Crippen molar-refractivity contribution in [3.63, 3.8) is 0 Å². The number of nitrogens with one attached hydrogen (secondary N) is 2. The van der Waals surface area contributed by atoms with E-state index in [9.17, 15) is 9.59 Å². The maximum absolute atomic E-state index is 12.8. The summed E-state index contributed by atoms with van der Waals surface area (Å²) in [6.45, 7) is 2.83. The molecule has 1 aliphatic rings. The molecule has 0 bridgehead atoms. The van der Waals surface area contributed by atoms with Crippen molar-refractivity contribution in [1.82, 2.24) is 10.2 Å². The highest BCUT2D eigenvalue weighted by Crippen LogP contribution is 2.28. The van der Waals surface area contributed by atoms with Crippen LogP contribution in [-0.4, -0.2) is 62.2 Å². The van der Waals surface area contributed by atoms with E-state index in [0.717, 1.165) is 24.5 Å². The van der Waals surface area contributed by atoms with Gasteiger partial charge in [-0.25, -0.2) is 0 Å². The maximum atomic E-state index is 12.8. The van der Waals surface area contributed by atoms with Gasteiger partial charge < -0.3 is 24.6 Å². The topological polar surface area (TPSA) is 83.1 Å². The molecule has 1 aliphatic heterocycles. The number of hydrogen-bond donors (Lipinski definition) is 2. The van der Waals surface area contributed by atoms with Gasteiger partial charge in [-0.2, -0.15) is 0 Å². The highest BCUT2D eigenvalue weighted by atomic mass is 32.1. The Bertz CT molecular complexity index is 1200. The van der Waals surface area contributed by atoms with Gasteiger partial charge in [0.2, 0.25) is 0 Å². The van der Waals surface area contributed by atoms with Gasteiger partial charge in [0, 0.05) is 43.1 Å². The summed E-state index contributed by atoms with van der Waals surface area (Å²) in [7, 11) is 2.98. The minimum Gasteiger partial charge on any atom is -0.496 e. The Balaban J connectivity index is 1.31. The lowest BCUT2D eigenvalue weighted by Crippen LogP contribution is -2.48. The first-order valence-electron chi connectivity index (χ1n) is 11.5. The zero-order valence-corrected chi connectivity index (χ0v) is 21.0. The van der Waals surface area contributed by atoms with Gasteiger partial charge in [-0.3, -0.25) is 14.9 Å². The molecule has 0 saturated carbocycles. The van der Waals surface area contributed by atoms with E-state index in [-0.39, 0.29) is 16.6 Å². The summed E-state index contributed by atoms with van der Waals surface area (Å²) >= 11 is 5.33. The molecular weight excluding hydrogens is 476 g/mol. The number of thiocarbonyl (C=S) groups is 1. The number of carbonyl (C=O) groups is 2. The molecule has 186 valence electrons. The van der Waals surface area contributed by atoms with Crippen molar-refractivity contribution in [2.45, 2.75) is 0 Å². The van der Waals surface area contributed by atoms with Crippen molar-refractivity contribution >= 4 is 40.5 Å². The van der Waals surface area contributed by atoms with Crippen LogP contribution in [0.5, 0.6) is 11.5 Å². The molecule has 0 aromatic heterocycles. The number of ether oxygens (including phenoxy) is 2. The third-order valence-corrected chi connectivity index (χ3v) is 6.16. The molecule has 1 fully saturated rings. The molecule has 3 aromatic rings. The number of anilines is 2.